The van der Waals surface area contributed by atoms with E-state index < -0.39 is 70.0 Å². The van der Waals surface area contributed by atoms with Crippen LogP contribution in [0.5, 0.6) is 11.5 Å². The highest BCUT2D eigenvalue weighted by Crippen LogP contribution is 2.56. The number of aryl methyl sites for hydroxylation is 1. The Morgan fingerprint density at radius 2 is 1.23 bits per heavy atom. The van der Waals surface area contributed by atoms with E-state index in [1.165, 1.54) is 24.3 Å². The van der Waals surface area contributed by atoms with Crippen LogP contribution in [0.15, 0.2) is 84.9 Å². The Kier molecular flexibility index (Phi) is 10.2. The summed E-state index contributed by atoms with van der Waals surface area (Å²) in [7, 11) is 1.08. The van der Waals surface area contributed by atoms with Crippen LogP contribution in [0.25, 0.3) is 0 Å². The van der Waals surface area contributed by atoms with Gasteiger partial charge in [0.05, 0.1) is 11.1 Å². The molecular formula is C33H26F6N2O7. The van der Waals surface area contributed by atoms with Gasteiger partial charge >= 0.3 is 18.3 Å². The van der Waals surface area contributed by atoms with E-state index in [0.29, 0.717) is 35.8 Å². The third kappa shape index (κ3) is 6.96. The van der Waals surface area contributed by atoms with Crippen molar-refractivity contribution in [3.8, 4) is 11.5 Å². The summed E-state index contributed by atoms with van der Waals surface area (Å²) in [5, 5.41) is 22.9. The molecule has 0 bridgehead atoms. The fraction of sp³-hybridized carbons (Fsp3) is 0.182. The number of alkyl halides is 6. The Bertz CT molecular complexity index is 1810. The average molecular weight is 677 g/mol. The molecule has 15 heteroatoms. The van der Waals surface area contributed by atoms with Gasteiger partial charge in [-0.1, -0.05) is 35.9 Å². The number of amides is 2. The van der Waals surface area contributed by atoms with Crippen molar-refractivity contribution in [1.29, 1.82) is 0 Å². The van der Waals surface area contributed by atoms with E-state index in [1.54, 1.807) is 12.1 Å². The van der Waals surface area contributed by atoms with Crippen LogP contribution in [0.3, 0.4) is 0 Å². The summed E-state index contributed by atoms with van der Waals surface area (Å²) in [6.45, 7) is 1.14. The molecule has 0 fully saturated rings. The average Bonchev–Trinajstić information content (AvgIpc) is 3.02. The summed E-state index contributed by atoms with van der Waals surface area (Å²) in [6, 6.07) is 15.1. The van der Waals surface area contributed by atoms with Crippen molar-refractivity contribution in [2.45, 2.75) is 31.3 Å². The molecule has 0 saturated heterocycles. The number of halogens is 6. The highest BCUT2D eigenvalue weighted by molar-refractivity contribution is 6.11. The SMILES string of the molecule is CNC(=O)c1cc(C(c2ccc(C(=O)O)c(C(=O)Nc3ccc(Oc4ccc(C)cc4)cc3)c2)(C(F)(F)F)C(F)(F)F)ccc1COO. The van der Waals surface area contributed by atoms with E-state index in [-0.39, 0.29) is 17.3 Å². The van der Waals surface area contributed by atoms with Gasteiger partial charge in [-0.2, -0.15) is 26.3 Å². The lowest BCUT2D eigenvalue weighted by molar-refractivity contribution is -0.288. The van der Waals surface area contributed by atoms with Gasteiger partial charge in [-0.25, -0.2) is 9.68 Å². The summed E-state index contributed by atoms with van der Waals surface area (Å²) in [6.07, 6.45) is -12.3. The van der Waals surface area contributed by atoms with Crippen LogP contribution >= 0.6 is 0 Å². The smallest absolute Gasteiger partial charge is 0.411 e. The molecule has 252 valence electrons. The molecule has 4 aromatic carbocycles. The lowest BCUT2D eigenvalue weighted by Gasteiger charge is -2.39. The second-order valence-electron chi connectivity index (χ2n) is 10.4. The molecule has 0 radical (unpaired) electrons. The summed E-state index contributed by atoms with van der Waals surface area (Å²) in [4.78, 5) is 41.7. The first-order valence-electron chi connectivity index (χ1n) is 13.8. The van der Waals surface area contributed by atoms with Gasteiger partial charge < -0.3 is 20.5 Å². The third-order valence-corrected chi connectivity index (χ3v) is 7.38. The molecular weight excluding hydrogens is 650 g/mol. The number of rotatable bonds is 10. The van der Waals surface area contributed by atoms with Gasteiger partial charge in [-0.3, -0.25) is 14.8 Å². The van der Waals surface area contributed by atoms with Crippen molar-refractivity contribution in [2.75, 3.05) is 12.4 Å². The van der Waals surface area contributed by atoms with E-state index in [2.05, 4.69) is 15.5 Å². The molecule has 0 atom stereocenters. The standard InChI is InChI=1S/C33H26F6N2O7/c1-18-3-10-23(11-4-18)48-24-12-8-22(9-13-24)41-29(43)27-16-21(7-14-25(27)30(44)45)31(32(34,35)36,33(37,38)39)20-6-5-19(17-47-46)26(15-20)28(42)40-2/h3-16,46H,17H2,1-2H3,(H,40,42)(H,41,43)(H,44,45). The normalized spacial score (nSPS) is 11.9. The summed E-state index contributed by atoms with van der Waals surface area (Å²) in [5.74, 6) is -3.37. The van der Waals surface area contributed by atoms with Crippen LogP contribution < -0.4 is 15.4 Å². The number of anilines is 1. The van der Waals surface area contributed by atoms with Gasteiger partial charge in [0, 0.05) is 18.3 Å². The van der Waals surface area contributed by atoms with E-state index in [0.717, 1.165) is 18.7 Å². The maximum Gasteiger partial charge on any atom is 0.411 e. The fourth-order valence-corrected chi connectivity index (χ4v) is 5.03. The number of hydrogen-bond donors (Lipinski definition) is 4. The first-order chi connectivity index (χ1) is 22.5. The number of hydrogen-bond acceptors (Lipinski definition) is 6. The Morgan fingerprint density at radius 1 is 0.708 bits per heavy atom. The van der Waals surface area contributed by atoms with Gasteiger partial charge in [0.15, 0.2) is 0 Å². The lowest BCUT2D eigenvalue weighted by atomic mass is 9.71. The van der Waals surface area contributed by atoms with Crippen LogP contribution in [0, 0.1) is 6.92 Å². The fourth-order valence-electron chi connectivity index (χ4n) is 5.03. The molecule has 48 heavy (non-hydrogen) atoms. The van der Waals surface area contributed by atoms with Crippen LogP contribution in [-0.4, -0.2) is 47.5 Å². The second kappa shape index (κ2) is 13.8. The van der Waals surface area contributed by atoms with Crippen molar-refractivity contribution in [3.05, 3.63) is 124 Å². The van der Waals surface area contributed by atoms with Crippen LogP contribution in [-0.2, 0) is 16.9 Å². The topological polar surface area (TPSA) is 134 Å². The summed E-state index contributed by atoms with van der Waals surface area (Å²) in [5.41, 5.74) is -9.66. The zero-order valence-electron chi connectivity index (χ0n) is 25.0. The van der Waals surface area contributed by atoms with Gasteiger partial charge in [0.25, 0.3) is 11.8 Å². The second-order valence-corrected chi connectivity index (χ2v) is 10.4. The van der Waals surface area contributed by atoms with E-state index in [4.69, 9.17) is 9.99 Å². The molecule has 4 N–H and O–H groups in total. The van der Waals surface area contributed by atoms with Crippen molar-refractivity contribution >= 4 is 23.5 Å². The number of carbonyl (C=O) groups excluding carboxylic acids is 2. The van der Waals surface area contributed by atoms with Crippen molar-refractivity contribution < 1.29 is 60.7 Å². The highest BCUT2D eigenvalue weighted by Gasteiger charge is 2.72. The molecule has 4 rings (SSSR count). The minimum atomic E-state index is -6.15. The minimum absolute atomic E-state index is 0.0211. The van der Waals surface area contributed by atoms with E-state index >= 15 is 0 Å². The number of benzene rings is 4. The first-order valence-corrected chi connectivity index (χ1v) is 13.8. The molecule has 0 aliphatic rings. The van der Waals surface area contributed by atoms with Gasteiger partial charge in [0.2, 0.25) is 5.41 Å². The maximum absolute atomic E-state index is 14.9. The molecule has 0 unspecified atom stereocenters. The molecule has 0 aliphatic heterocycles. The number of ether oxygens (including phenoxy) is 1. The van der Waals surface area contributed by atoms with Crippen LogP contribution in [0.1, 0.15) is 53.3 Å². The molecule has 0 heterocycles. The number of carbonyl (C=O) groups is 3. The molecule has 0 saturated carbocycles. The van der Waals surface area contributed by atoms with E-state index in [1.807, 2.05) is 19.1 Å². The third-order valence-electron chi connectivity index (χ3n) is 7.38. The van der Waals surface area contributed by atoms with Crippen molar-refractivity contribution in [2.24, 2.45) is 0 Å². The van der Waals surface area contributed by atoms with Crippen LogP contribution in [0.2, 0.25) is 0 Å². The molecule has 0 spiro atoms. The van der Waals surface area contributed by atoms with E-state index in [9.17, 15) is 45.8 Å². The lowest BCUT2D eigenvalue weighted by Crippen LogP contribution is -2.55. The Balaban J connectivity index is 1.82. The molecule has 4 aromatic rings. The Morgan fingerprint density at radius 3 is 1.73 bits per heavy atom. The highest BCUT2D eigenvalue weighted by atomic mass is 19.4. The predicted molar refractivity (Wildman–Crippen MR) is 159 cm³/mol. The molecule has 0 aliphatic carbocycles. The molecule has 0 aromatic heterocycles. The Hall–Kier alpha value is -5.41. The van der Waals surface area contributed by atoms with Crippen LogP contribution in [0.4, 0.5) is 32.0 Å². The zero-order valence-corrected chi connectivity index (χ0v) is 25.0. The Labute approximate surface area is 268 Å². The van der Waals surface area contributed by atoms with Gasteiger partial charge in [0.1, 0.15) is 18.1 Å². The predicted octanol–water partition coefficient (Wildman–Crippen LogP) is 7.50. The molecule has 9 nitrogen and oxygen atoms in total. The largest absolute Gasteiger partial charge is 0.478 e. The maximum atomic E-state index is 14.9. The van der Waals surface area contributed by atoms with Gasteiger partial charge in [-0.15, -0.1) is 0 Å². The van der Waals surface area contributed by atoms with Crippen molar-refractivity contribution in [3.63, 3.8) is 0 Å². The number of carboxylic acids is 1. The number of nitrogens with one attached hydrogen (secondary N) is 2. The zero-order chi connectivity index (χ0) is 35.4. The summed E-state index contributed by atoms with van der Waals surface area (Å²) < 4.78 is 95.4. The minimum Gasteiger partial charge on any atom is -0.478 e. The number of aromatic carboxylic acids is 1. The quantitative estimate of drug-likeness (QED) is 0.0777. The first kappa shape index (κ1) is 35.4. The van der Waals surface area contributed by atoms with Crippen molar-refractivity contribution in [1.82, 2.24) is 5.32 Å². The summed E-state index contributed by atoms with van der Waals surface area (Å²) >= 11 is 0. The monoisotopic (exact) mass is 676 g/mol. The molecule has 2 amide bonds. The number of carboxylic acid groups (broad SMARTS) is 1. The van der Waals surface area contributed by atoms with Gasteiger partial charge in [-0.05, 0) is 78.2 Å².